The average Bonchev–Trinajstić information content (AvgIpc) is 2.67. The molecule has 0 aromatic heterocycles. The maximum absolute atomic E-state index is 12.1. The highest BCUT2D eigenvalue weighted by Gasteiger charge is 2.12. The van der Waals surface area contributed by atoms with Crippen molar-refractivity contribution < 1.29 is 19.1 Å². The minimum atomic E-state index is -0.595. The molecule has 1 amide bonds. The van der Waals surface area contributed by atoms with Crippen LogP contribution >= 0.6 is 23.2 Å². The standard InChI is InChI=1S/C20H19Cl2NO4/c1-23(12-15-5-9-17(21)18(22)11-15)19(24)13-27-20(25)10-6-14-3-7-16(26-2)8-4-14/h3-11H,12-13H2,1-2H3/b10-6+. The second-order valence-corrected chi connectivity index (χ2v) is 6.53. The fraction of sp³-hybridized carbons (Fsp3) is 0.200. The number of methoxy groups -OCH3 is 1. The minimum absolute atomic E-state index is 0.327. The predicted octanol–water partition coefficient (Wildman–Crippen LogP) is 4.22. The number of benzene rings is 2. The Morgan fingerprint density at radius 2 is 1.78 bits per heavy atom. The summed E-state index contributed by atoms with van der Waals surface area (Å²) in [7, 11) is 3.20. The van der Waals surface area contributed by atoms with Crippen molar-refractivity contribution in [3.63, 3.8) is 0 Å². The highest BCUT2D eigenvalue weighted by molar-refractivity contribution is 6.42. The minimum Gasteiger partial charge on any atom is -0.497 e. The number of likely N-dealkylation sites (N-methyl/N-ethyl adjacent to an activating group) is 1. The number of hydrogen-bond acceptors (Lipinski definition) is 4. The van der Waals surface area contributed by atoms with Crippen LogP contribution in [0.1, 0.15) is 11.1 Å². The van der Waals surface area contributed by atoms with Crippen LogP contribution in [0.4, 0.5) is 0 Å². The lowest BCUT2D eigenvalue weighted by molar-refractivity contribution is -0.147. The summed E-state index contributed by atoms with van der Waals surface area (Å²) < 4.78 is 10.0. The molecule has 0 aliphatic carbocycles. The number of rotatable bonds is 7. The van der Waals surface area contributed by atoms with Gasteiger partial charge in [0.05, 0.1) is 17.2 Å². The van der Waals surface area contributed by atoms with E-state index in [4.69, 9.17) is 32.7 Å². The maximum atomic E-state index is 12.1. The van der Waals surface area contributed by atoms with Gasteiger partial charge in [-0.15, -0.1) is 0 Å². The lowest BCUT2D eigenvalue weighted by Crippen LogP contribution is -2.30. The third kappa shape index (κ3) is 6.62. The Kier molecular flexibility index (Phi) is 7.70. The largest absolute Gasteiger partial charge is 0.497 e. The van der Waals surface area contributed by atoms with Gasteiger partial charge >= 0.3 is 5.97 Å². The summed E-state index contributed by atoms with van der Waals surface area (Å²) in [5.41, 5.74) is 1.64. The van der Waals surface area contributed by atoms with Crippen molar-refractivity contribution in [2.45, 2.75) is 6.54 Å². The first-order valence-electron chi connectivity index (χ1n) is 8.06. The lowest BCUT2D eigenvalue weighted by atomic mass is 10.2. The zero-order valence-corrected chi connectivity index (χ0v) is 16.5. The van der Waals surface area contributed by atoms with Crippen LogP contribution < -0.4 is 4.74 Å². The van der Waals surface area contributed by atoms with Crippen LogP contribution in [0, 0.1) is 0 Å². The van der Waals surface area contributed by atoms with Gasteiger partial charge in [-0.2, -0.15) is 0 Å². The zero-order chi connectivity index (χ0) is 19.8. The average molecular weight is 408 g/mol. The maximum Gasteiger partial charge on any atom is 0.331 e. The van der Waals surface area contributed by atoms with Crippen LogP contribution in [0.15, 0.2) is 48.5 Å². The summed E-state index contributed by atoms with van der Waals surface area (Å²) in [6.07, 6.45) is 2.87. The lowest BCUT2D eigenvalue weighted by Gasteiger charge is -2.17. The molecule has 27 heavy (non-hydrogen) atoms. The van der Waals surface area contributed by atoms with E-state index < -0.39 is 5.97 Å². The quantitative estimate of drug-likeness (QED) is 0.509. The molecule has 142 valence electrons. The fourth-order valence-corrected chi connectivity index (χ4v) is 2.49. The van der Waals surface area contributed by atoms with Crippen LogP contribution in [0.3, 0.4) is 0 Å². The molecular formula is C20H19Cl2NO4. The first-order valence-corrected chi connectivity index (χ1v) is 8.81. The second kappa shape index (κ2) is 10.00. The Hall–Kier alpha value is -2.50. The van der Waals surface area contributed by atoms with Crippen LogP contribution in [0.2, 0.25) is 10.0 Å². The van der Waals surface area contributed by atoms with E-state index in [0.717, 1.165) is 16.9 Å². The number of carbonyl (C=O) groups is 2. The van der Waals surface area contributed by atoms with E-state index >= 15 is 0 Å². The van der Waals surface area contributed by atoms with Gasteiger partial charge < -0.3 is 14.4 Å². The second-order valence-electron chi connectivity index (χ2n) is 5.71. The molecule has 7 heteroatoms. The summed E-state index contributed by atoms with van der Waals surface area (Å²) in [4.78, 5) is 25.3. The Morgan fingerprint density at radius 1 is 1.07 bits per heavy atom. The monoisotopic (exact) mass is 407 g/mol. The van der Waals surface area contributed by atoms with Crippen molar-refractivity contribution in [2.75, 3.05) is 20.8 Å². The normalized spacial score (nSPS) is 10.7. The van der Waals surface area contributed by atoms with Gasteiger partial charge in [-0.1, -0.05) is 41.4 Å². The topological polar surface area (TPSA) is 55.8 Å². The smallest absolute Gasteiger partial charge is 0.331 e. The van der Waals surface area contributed by atoms with Crippen molar-refractivity contribution in [3.05, 3.63) is 69.7 Å². The first kappa shape index (κ1) is 20.8. The van der Waals surface area contributed by atoms with Gasteiger partial charge in [0, 0.05) is 19.7 Å². The number of carbonyl (C=O) groups excluding carboxylic acids is 2. The van der Waals surface area contributed by atoms with Gasteiger partial charge in [-0.05, 0) is 41.5 Å². The number of hydrogen-bond donors (Lipinski definition) is 0. The van der Waals surface area contributed by atoms with E-state index in [9.17, 15) is 9.59 Å². The van der Waals surface area contributed by atoms with E-state index in [2.05, 4.69) is 0 Å². The molecule has 0 unspecified atom stereocenters. The molecule has 2 aromatic rings. The van der Waals surface area contributed by atoms with Crippen molar-refractivity contribution in [2.24, 2.45) is 0 Å². The summed E-state index contributed by atoms with van der Waals surface area (Å²) in [6, 6.07) is 12.3. The molecule has 0 heterocycles. The molecule has 0 fully saturated rings. The number of esters is 1. The van der Waals surface area contributed by atoms with Crippen molar-refractivity contribution in [1.82, 2.24) is 4.90 Å². The van der Waals surface area contributed by atoms with E-state index in [-0.39, 0.29) is 12.5 Å². The molecule has 5 nitrogen and oxygen atoms in total. The third-order valence-corrected chi connectivity index (χ3v) is 4.43. The Balaban J connectivity index is 1.81. The predicted molar refractivity (Wildman–Crippen MR) is 106 cm³/mol. The van der Waals surface area contributed by atoms with Gasteiger partial charge in [0.2, 0.25) is 0 Å². The fourth-order valence-electron chi connectivity index (χ4n) is 2.17. The molecule has 0 saturated heterocycles. The highest BCUT2D eigenvalue weighted by atomic mass is 35.5. The molecule has 0 saturated carbocycles. The molecule has 0 aliphatic rings. The van der Waals surface area contributed by atoms with Gasteiger partial charge in [0.25, 0.3) is 5.91 Å². The number of nitrogens with zero attached hydrogens (tertiary/aromatic N) is 1. The van der Waals surface area contributed by atoms with Crippen molar-refractivity contribution >= 4 is 41.2 Å². The van der Waals surface area contributed by atoms with Gasteiger partial charge in [-0.25, -0.2) is 4.79 Å². The molecule has 0 N–H and O–H groups in total. The van der Waals surface area contributed by atoms with E-state index in [1.807, 2.05) is 0 Å². The van der Waals surface area contributed by atoms with Crippen molar-refractivity contribution in [3.8, 4) is 5.75 Å². The Bertz CT molecular complexity index is 834. The number of ether oxygens (including phenoxy) is 2. The van der Waals surface area contributed by atoms with E-state index in [1.165, 1.54) is 11.0 Å². The summed E-state index contributed by atoms with van der Waals surface area (Å²) in [5, 5.41) is 0.872. The number of halogens is 2. The van der Waals surface area contributed by atoms with Crippen LogP contribution in [-0.2, 0) is 20.9 Å². The highest BCUT2D eigenvalue weighted by Crippen LogP contribution is 2.23. The van der Waals surface area contributed by atoms with Crippen LogP contribution in [0.25, 0.3) is 6.08 Å². The third-order valence-electron chi connectivity index (χ3n) is 3.70. The van der Waals surface area contributed by atoms with E-state index in [0.29, 0.717) is 16.6 Å². The SMILES string of the molecule is COc1ccc(/C=C/C(=O)OCC(=O)N(C)Cc2ccc(Cl)c(Cl)c2)cc1. The van der Waals surface area contributed by atoms with Gasteiger partial charge in [-0.3, -0.25) is 4.79 Å². The number of amides is 1. The molecule has 0 bridgehead atoms. The van der Waals surface area contributed by atoms with Gasteiger partial charge in [0.15, 0.2) is 6.61 Å². The summed E-state index contributed by atoms with van der Waals surface area (Å²) in [6.45, 7) is -0.0153. The van der Waals surface area contributed by atoms with Crippen LogP contribution in [0.5, 0.6) is 5.75 Å². The molecule has 0 spiro atoms. The van der Waals surface area contributed by atoms with Crippen LogP contribution in [-0.4, -0.2) is 37.5 Å². The molecule has 2 rings (SSSR count). The molecular weight excluding hydrogens is 389 g/mol. The molecule has 2 aromatic carbocycles. The Labute approximate surface area is 168 Å². The zero-order valence-electron chi connectivity index (χ0n) is 14.9. The first-order chi connectivity index (χ1) is 12.9. The molecule has 0 atom stereocenters. The van der Waals surface area contributed by atoms with Crippen molar-refractivity contribution in [1.29, 1.82) is 0 Å². The Morgan fingerprint density at radius 3 is 2.41 bits per heavy atom. The summed E-state index contributed by atoms with van der Waals surface area (Å²) in [5.74, 6) is -0.195. The molecule has 0 aliphatic heterocycles. The molecule has 0 radical (unpaired) electrons. The van der Waals surface area contributed by atoms with Gasteiger partial charge in [0.1, 0.15) is 5.75 Å². The summed E-state index contributed by atoms with van der Waals surface area (Å²) >= 11 is 11.8. The van der Waals surface area contributed by atoms with E-state index in [1.54, 1.807) is 62.7 Å².